The molecule has 152 valence electrons. The zero-order chi connectivity index (χ0) is 20.4. The van der Waals surface area contributed by atoms with Crippen LogP contribution in [0.3, 0.4) is 0 Å². The topological polar surface area (TPSA) is 77.7 Å². The Balaban J connectivity index is 1.67. The Morgan fingerprint density at radius 3 is 2.55 bits per heavy atom. The number of aromatic nitrogens is 5. The van der Waals surface area contributed by atoms with Crippen molar-refractivity contribution in [3.63, 3.8) is 0 Å². The van der Waals surface area contributed by atoms with Crippen LogP contribution in [-0.4, -0.2) is 57.8 Å². The van der Waals surface area contributed by atoms with Crippen LogP contribution in [0, 0.1) is 5.41 Å². The molecule has 1 saturated heterocycles. The summed E-state index contributed by atoms with van der Waals surface area (Å²) >= 11 is 6.26. The Morgan fingerprint density at radius 1 is 1.10 bits per heavy atom. The van der Waals surface area contributed by atoms with Gasteiger partial charge in [-0.25, -0.2) is 18.7 Å². The minimum atomic E-state index is -2.75. The number of methoxy groups -OCH3 is 2. The van der Waals surface area contributed by atoms with Gasteiger partial charge < -0.3 is 14.4 Å². The second-order valence-corrected chi connectivity index (χ2v) is 7.76. The van der Waals surface area contributed by atoms with Crippen LogP contribution in [0.5, 0.6) is 11.9 Å². The predicted octanol–water partition coefficient (Wildman–Crippen LogP) is 3.09. The van der Waals surface area contributed by atoms with Crippen molar-refractivity contribution in [2.75, 3.05) is 32.2 Å². The van der Waals surface area contributed by atoms with Gasteiger partial charge in [-0.05, 0) is 12.8 Å². The van der Waals surface area contributed by atoms with Crippen molar-refractivity contribution in [2.45, 2.75) is 18.8 Å². The number of anilines is 1. The summed E-state index contributed by atoms with van der Waals surface area (Å²) in [7, 11) is 2.92. The summed E-state index contributed by atoms with van der Waals surface area (Å²) in [6, 6.07) is 1.82. The summed E-state index contributed by atoms with van der Waals surface area (Å²) in [5.41, 5.74) is 0.341. The standard InChI is InChI=1S/C18H17ClF2N6O2/c1-28-15-10(6-22-16(25-15)29-2)12-5-13(27-14(24-12)11(19)7-23-27)26-8-17(3-4-17)18(20,21)9-26/h5-7H,3-4,8-9H2,1-2H3. The van der Waals surface area contributed by atoms with Crippen molar-refractivity contribution in [1.82, 2.24) is 24.6 Å². The molecule has 5 rings (SSSR count). The maximum atomic E-state index is 14.6. The Bertz CT molecular complexity index is 1110. The molecule has 0 amide bonds. The van der Waals surface area contributed by atoms with Crippen LogP contribution in [0.2, 0.25) is 5.02 Å². The minimum Gasteiger partial charge on any atom is -0.480 e. The molecule has 0 aromatic carbocycles. The van der Waals surface area contributed by atoms with Gasteiger partial charge >= 0.3 is 6.01 Å². The van der Waals surface area contributed by atoms with Crippen molar-refractivity contribution in [1.29, 1.82) is 0 Å². The lowest BCUT2D eigenvalue weighted by molar-refractivity contribution is -0.0334. The molecule has 0 bridgehead atoms. The van der Waals surface area contributed by atoms with E-state index < -0.39 is 11.3 Å². The van der Waals surface area contributed by atoms with Gasteiger partial charge in [-0.1, -0.05) is 11.6 Å². The molecule has 1 aliphatic heterocycles. The lowest BCUT2D eigenvalue weighted by Gasteiger charge is -2.20. The van der Waals surface area contributed by atoms with Crippen molar-refractivity contribution < 1.29 is 18.3 Å². The van der Waals surface area contributed by atoms with E-state index in [0.29, 0.717) is 40.6 Å². The second-order valence-electron chi connectivity index (χ2n) is 7.35. The Labute approximate surface area is 169 Å². The van der Waals surface area contributed by atoms with Gasteiger partial charge in [0.25, 0.3) is 5.92 Å². The normalized spacial score (nSPS) is 19.1. The molecule has 0 N–H and O–H groups in total. The molecule has 2 aliphatic rings. The molecule has 1 spiro atoms. The maximum Gasteiger partial charge on any atom is 0.319 e. The molecule has 1 saturated carbocycles. The summed E-state index contributed by atoms with van der Waals surface area (Å²) in [6.45, 7) is -0.119. The molecular formula is C18H17ClF2N6O2. The van der Waals surface area contributed by atoms with Crippen molar-refractivity contribution in [3.05, 3.63) is 23.5 Å². The van der Waals surface area contributed by atoms with Crippen LogP contribution < -0.4 is 14.4 Å². The Morgan fingerprint density at radius 2 is 1.90 bits per heavy atom. The molecule has 1 aliphatic carbocycles. The third-order valence-corrected chi connectivity index (χ3v) is 5.90. The Kier molecular flexibility index (Phi) is 3.86. The molecule has 3 aromatic rings. The monoisotopic (exact) mass is 422 g/mol. The third kappa shape index (κ3) is 2.69. The number of rotatable bonds is 4. The number of ether oxygens (including phenoxy) is 2. The number of alkyl halides is 2. The fourth-order valence-electron chi connectivity index (χ4n) is 3.85. The highest BCUT2D eigenvalue weighted by Gasteiger charge is 2.67. The summed E-state index contributed by atoms with van der Waals surface area (Å²) in [5, 5.41) is 4.55. The summed E-state index contributed by atoms with van der Waals surface area (Å²) in [4.78, 5) is 14.5. The number of hydrogen-bond donors (Lipinski definition) is 0. The van der Waals surface area contributed by atoms with E-state index in [4.69, 9.17) is 21.1 Å². The van der Waals surface area contributed by atoms with Gasteiger partial charge in [0.15, 0.2) is 5.65 Å². The zero-order valence-electron chi connectivity index (χ0n) is 15.7. The molecular weight excluding hydrogens is 406 g/mol. The van der Waals surface area contributed by atoms with E-state index in [1.807, 2.05) is 0 Å². The quantitative estimate of drug-likeness (QED) is 0.639. The molecule has 0 unspecified atom stereocenters. The maximum absolute atomic E-state index is 14.6. The molecule has 2 fully saturated rings. The third-order valence-electron chi connectivity index (χ3n) is 5.63. The highest BCUT2D eigenvalue weighted by molar-refractivity contribution is 6.33. The largest absolute Gasteiger partial charge is 0.480 e. The summed E-state index contributed by atoms with van der Waals surface area (Å²) < 4.78 is 41.0. The van der Waals surface area contributed by atoms with Crippen LogP contribution in [0.15, 0.2) is 18.5 Å². The molecule has 29 heavy (non-hydrogen) atoms. The molecule has 3 aromatic heterocycles. The first-order valence-corrected chi connectivity index (χ1v) is 9.38. The van der Waals surface area contributed by atoms with Crippen molar-refractivity contribution >= 4 is 23.1 Å². The lowest BCUT2D eigenvalue weighted by atomic mass is 10.0. The van der Waals surface area contributed by atoms with Crippen molar-refractivity contribution in [3.8, 4) is 23.1 Å². The fraction of sp³-hybridized carbons (Fsp3) is 0.444. The average Bonchev–Trinajstić information content (AvgIpc) is 3.35. The molecule has 11 heteroatoms. The van der Waals surface area contributed by atoms with E-state index in [-0.39, 0.29) is 25.0 Å². The number of nitrogens with zero attached hydrogens (tertiary/aromatic N) is 6. The van der Waals surface area contributed by atoms with E-state index in [2.05, 4.69) is 20.1 Å². The molecule has 4 heterocycles. The highest BCUT2D eigenvalue weighted by Crippen LogP contribution is 2.61. The summed E-state index contributed by atoms with van der Waals surface area (Å²) in [5.74, 6) is -2.01. The van der Waals surface area contributed by atoms with Gasteiger partial charge in [0, 0.05) is 18.8 Å². The molecule has 0 radical (unpaired) electrons. The van der Waals surface area contributed by atoms with Gasteiger partial charge in [-0.15, -0.1) is 0 Å². The fourth-order valence-corrected chi connectivity index (χ4v) is 4.01. The lowest BCUT2D eigenvalue weighted by Crippen LogP contribution is -2.29. The molecule has 0 atom stereocenters. The van der Waals surface area contributed by atoms with Gasteiger partial charge in [0.05, 0.1) is 43.6 Å². The van der Waals surface area contributed by atoms with Crippen molar-refractivity contribution in [2.24, 2.45) is 5.41 Å². The van der Waals surface area contributed by atoms with Crippen LogP contribution in [-0.2, 0) is 0 Å². The first kappa shape index (κ1) is 18.3. The SMILES string of the molecule is COc1ncc(-c2cc(N3CC(F)(F)C4(CC4)C3)n3ncc(Cl)c3n2)c(OC)n1. The van der Waals surface area contributed by atoms with E-state index in [1.165, 1.54) is 31.1 Å². The average molecular weight is 423 g/mol. The van der Waals surface area contributed by atoms with E-state index >= 15 is 0 Å². The number of halogens is 3. The smallest absolute Gasteiger partial charge is 0.319 e. The van der Waals surface area contributed by atoms with Gasteiger partial charge in [0.1, 0.15) is 10.8 Å². The minimum absolute atomic E-state index is 0.143. The van der Waals surface area contributed by atoms with Gasteiger partial charge in [-0.2, -0.15) is 14.6 Å². The zero-order valence-corrected chi connectivity index (χ0v) is 16.5. The first-order chi connectivity index (χ1) is 13.9. The van der Waals surface area contributed by atoms with Gasteiger partial charge in [-0.3, -0.25) is 0 Å². The van der Waals surface area contributed by atoms with Crippen LogP contribution in [0.25, 0.3) is 16.9 Å². The predicted molar refractivity (Wildman–Crippen MR) is 101 cm³/mol. The van der Waals surface area contributed by atoms with E-state index in [1.54, 1.807) is 11.0 Å². The summed E-state index contributed by atoms with van der Waals surface area (Å²) in [6.07, 6.45) is 4.01. The van der Waals surface area contributed by atoms with Gasteiger partial charge in [0.2, 0.25) is 5.88 Å². The highest BCUT2D eigenvalue weighted by atomic mass is 35.5. The second kappa shape index (κ2) is 6.12. The van der Waals surface area contributed by atoms with E-state index in [0.717, 1.165) is 0 Å². The molecule has 8 nitrogen and oxygen atoms in total. The first-order valence-electron chi connectivity index (χ1n) is 9.00. The van der Waals surface area contributed by atoms with Crippen LogP contribution in [0.4, 0.5) is 14.6 Å². The van der Waals surface area contributed by atoms with E-state index in [9.17, 15) is 8.78 Å². The number of hydrogen-bond acceptors (Lipinski definition) is 7. The van der Waals surface area contributed by atoms with Crippen LogP contribution >= 0.6 is 11.6 Å². The van der Waals surface area contributed by atoms with Crippen LogP contribution in [0.1, 0.15) is 12.8 Å². The number of fused-ring (bicyclic) bond motifs is 1. The Hall–Kier alpha value is -2.75.